The van der Waals surface area contributed by atoms with Gasteiger partial charge in [-0.1, -0.05) is 13.0 Å². The lowest BCUT2D eigenvalue weighted by molar-refractivity contribution is 0.411. The average Bonchev–Trinajstić information content (AvgIpc) is 2.77. The first-order valence-corrected chi connectivity index (χ1v) is 9.21. The average molecular weight is 433 g/mol. The zero-order valence-electron chi connectivity index (χ0n) is 12.6. The number of halogens is 2. The van der Waals surface area contributed by atoms with Crippen molar-refractivity contribution >= 4 is 43.2 Å². The van der Waals surface area contributed by atoms with E-state index in [-0.39, 0.29) is 6.04 Å². The second kappa shape index (κ2) is 7.27. The number of rotatable bonds is 5. The van der Waals surface area contributed by atoms with Crippen molar-refractivity contribution in [3.63, 3.8) is 0 Å². The summed E-state index contributed by atoms with van der Waals surface area (Å²) in [4.78, 5) is 0. The van der Waals surface area contributed by atoms with E-state index in [0.29, 0.717) is 0 Å². The smallest absolute Gasteiger partial charge is 0.122 e. The fourth-order valence-corrected chi connectivity index (χ4v) is 5.39. The third kappa shape index (κ3) is 3.70. The van der Waals surface area contributed by atoms with E-state index in [1.807, 2.05) is 0 Å². The molecule has 1 heterocycles. The van der Waals surface area contributed by atoms with Crippen molar-refractivity contribution in [2.24, 2.45) is 0 Å². The van der Waals surface area contributed by atoms with Gasteiger partial charge in [0.15, 0.2) is 0 Å². The Morgan fingerprint density at radius 1 is 1.14 bits per heavy atom. The molecule has 0 aliphatic heterocycles. The molecule has 2 rings (SSSR count). The lowest BCUT2D eigenvalue weighted by atomic mass is 9.94. The summed E-state index contributed by atoms with van der Waals surface area (Å²) in [6, 6.07) is 6.70. The SMILES string of the molecule is CCNC(c1cc(C)c(OC)cc1C)c1cc(Br)sc1Br. The molecule has 0 aliphatic rings. The van der Waals surface area contributed by atoms with E-state index < -0.39 is 0 Å². The molecule has 1 aromatic heterocycles. The summed E-state index contributed by atoms with van der Waals surface area (Å²) < 4.78 is 7.71. The first kappa shape index (κ1) is 17.0. The van der Waals surface area contributed by atoms with Crippen LogP contribution >= 0.6 is 43.2 Å². The van der Waals surface area contributed by atoms with E-state index in [4.69, 9.17) is 4.74 Å². The summed E-state index contributed by atoms with van der Waals surface area (Å²) in [5.41, 5.74) is 4.95. The van der Waals surface area contributed by atoms with Crippen LogP contribution in [0.15, 0.2) is 25.8 Å². The molecule has 2 aromatic rings. The Morgan fingerprint density at radius 3 is 2.38 bits per heavy atom. The lowest BCUT2D eigenvalue weighted by Crippen LogP contribution is -2.22. The highest BCUT2D eigenvalue weighted by atomic mass is 79.9. The number of nitrogens with one attached hydrogen (secondary N) is 1. The maximum atomic E-state index is 5.42. The highest BCUT2D eigenvalue weighted by molar-refractivity contribution is 9.12. The minimum Gasteiger partial charge on any atom is -0.496 e. The highest BCUT2D eigenvalue weighted by Crippen LogP contribution is 2.39. The Bertz CT molecular complexity index is 639. The van der Waals surface area contributed by atoms with Crippen LogP contribution in [0.1, 0.15) is 35.2 Å². The van der Waals surface area contributed by atoms with Crippen molar-refractivity contribution in [1.82, 2.24) is 5.32 Å². The van der Waals surface area contributed by atoms with E-state index in [2.05, 4.69) is 76.1 Å². The van der Waals surface area contributed by atoms with Crippen LogP contribution in [0.2, 0.25) is 0 Å². The van der Waals surface area contributed by atoms with Gasteiger partial charge < -0.3 is 10.1 Å². The Balaban J connectivity index is 2.53. The summed E-state index contributed by atoms with van der Waals surface area (Å²) in [5.74, 6) is 0.942. The van der Waals surface area contributed by atoms with Crippen LogP contribution in [-0.4, -0.2) is 13.7 Å². The molecule has 0 spiro atoms. The van der Waals surface area contributed by atoms with Gasteiger partial charge in [0.2, 0.25) is 0 Å². The third-order valence-corrected chi connectivity index (χ3v) is 5.88. The minimum absolute atomic E-state index is 0.177. The monoisotopic (exact) mass is 431 g/mol. The Kier molecular flexibility index (Phi) is 5.88. The second-order valence-electron chi connectivity index (χ2n) is 4.95. The largest absolute Gasteiger partial charge is 0.496 e. The fourth-order valence-electron chi connectivity index (χ4n) is 2.48. The summed E-state index contributed by atoms with van der Waals surface area (Å²) in [5, 5.41) is 3.59. The van der Waals surface area contributed by atoms with Crippen molar-refractivity contribution in [2.45, 2.75) is 26.8 Å². The topological polar surface area (TPSA) is 21.3 Å². The van der Waals surface area contributed by atoms with Crippen molar-refractivity contribution in [1.29, 1.82) is 0 Å². The number of thiophene rings is 1. The van der Waals surface area contributed by atoms with Crippen LogP contribution in [0, 0.1) is 13.8 Å². The van der Waals surface area contributed by atoms with Gasteiger partial charge in [0.05, 0.1) is 20.7 Å². The molecular formula is C16H19Br2NOS. The molecule has 0 bridgehead atoms. The van der Waals surface area contributed by atoms with E-state index in [1.54, 1.807) is 18.4 Å². The maximum Gasteiger partial charge on any atom is 0.122 e. The normalized spacial score (nSPS) is 12.5. The molecule has 5 heteroatoms. The number of ether oxygens (including phenoxy) is 1. The van der Waals surface area contributed by atoms with E-state index >= 15 is 0 Å². The van der Waals surface area contributed by atoms with Crippen LogP contribution in [0.25, 0.3) is 0 Å². The Labute approximate surface area is 147 Å². The molecule has 0 saturated heterocycles. The fraction of sp³-hybridized carbons (Fsp3) is 0.375. The second-order valence-corrected chi connectivity index (χ2v) is 8.70. The van der Waals surface area contributed by atoms with Gasteiger partial charge in [0, 0.05) is 0 Å². The number of aryl methyl sites for hydroxylation is 2. The van der Waals surface area contributed by atoms with Crippen LogP contribution < -0.4 is 10.1 Å². The molecule has 0 amide bonds. The molecule has 1 N–H and O–H groups in total. The quantitative estimate of drug-likeness (QED) is 0.663. The standard InChI is InChI=1S/C16H19Br2NOS/c1-5-19-15(12-8-14(17)21-16(12)18)11-6-10(3)13(20-4)7-9(11)2/h6-8,15,19H,5H2,1-4H3. The molecule has 1 atom stereocenters. The Morgan fingerprint density at radius 2 is 1.86 bits per heavy atom. The van der Waals surface area contributed by atoms with E-state index in [0.717, 1.165) is 25.4 Å². The van der Waals surface area contributed by atoms with Gasteiger partial charge >= 0.3 is 0 Å². The molecule has 1 aromatic carbocycles. The summed E-state index contributed by atoms with van der Waals surface area (Å²) >= 11 is 8.96. The van der Waals surface area contributed by atoms with Crippen LogP contribution in [0.4, 0.5) is 0 Å². The van der Waals surface area contributed by atoms with Crippen LogP contribution in [0.3, 0.4) is 0 Å². The number of methoxy groups -OCH3 is 1. The van der Waals surface area contributed by atoms with Gasteiger partial charge in [-0.05, 0) is 86.6 Å². The first-order chi connectivity index (χ1) is 9.97. The molecule has 0 radical (unpaired) electrons. The van der Waals surface area contributed by atoms with Crippen molar-refractivity contribution < 1.29 is 4.74 Å². The van der Waals surface area contributed by atoms with Crippen LogP contribution in [0.5, 0.6) is 5.75 Å². The molecule has 1 unspecified atom stereocenters. The minimum atomic E-state index is 0.177. The summed E-state index contributed by atoms with van der Waals surface area (Å²) in [7, 11) is 1.72. The van der Waals surface area contributed by atoms with Gasteiger partial charge in [-0.2, -0.15) is 0 Å². The first-order valence-electron chi connectivity index (χ1n) is 6.81. The van der Waals surface area contributed by atoms with Gasteiger partial charge in [-0.3, -0.25) is 0 Å². The molecule has 0 saturated carbocycles. The number of hydrogen-bond donors (Lipinski definition) is 1. The predicted octanol–water partition coefficient (Wildman–Crippen LogP) is 5.60. The molecule has 0 fully saturated rings. The summed E-state index contributed by atoms with van der Waals surface area (Å²) in [6.45, 7) is 7.27. The van der Waals surface area contributed by atoms with Gasteiger partial charge in [0.25, 0.3) is 0 Å². The zero-order chi connectivity index (χ0) is 15.6. The summed E-state index contributed by atoms with van der Waals surface area (Å²) in [6.07, 6.45) is 0. The van der Waals surface area contributed by atoms with Crippen LogP contribution in [-0.2, 0) is 0 Å². The van der Waals surface area contributed by atoms with Crippen molar-refractivity contribution in [3.8, 4) is 5.75 Å². The maximum absolute atomic E-state index is 5.42. The molecule has 114 valence electrons. The zero-order valence-corrected chi connectivity index (χ0v) is 16.6. The molecule has 2 nitrogen and oxygen atoms in total. The van der Waals surface area contributed by atoms with Gasteiger partial charge in [-0.25, -0.2) is 0 Å². The highest BCUT2D eigenvalue weighted by Gasteiger charge is 2.21. The van der Waals surface area contributed by atoms with Crippen molar-refractivity contribution in [3.05, 3.63) is 48.0 Å². The number of benzene rings is 1. The molecular weight excluding hydrogens is 414 g/mol. The lowest BCUT2D eigenvalue weighted by Gasteiger charge is -2.22. The van der Waals surface area contributed by atoms with E-state index in [1.165, 1.54) is 16.7 Å². The van der Waals surface area contributed by atoms with Gasteiger partial charge in [-0.15, -0.1) is 11.3 Å². The molecule has 0 aliphatic carbocycles. The Hall–Kier alpha value is -0.360. The number of hydrogen-bond acceptors (Lipinski definition) is 3. The third-order valence-electron chi connectivity index (χ3n) is 3.50. The predicted molar refractivity (Wildman–Crippen MR) is 97.7 cm³/mol. The van der Waals surface area contributed by atoms with Crippen molar-refractivity contribution in [2.75, 3.05) is 13.7 Å². The van der Waals surface area contributed by atoms with E-state index in [9.17, 15) is 0 Å². The molecule has 21 heavy (non-hydrogen) atoms. The van der Waals surface area contributed by atoms with Gasteiger partial charge in [0.1, 0.15) is 5.75 Å².